The van der Waals surface area contributed by atoms with Gasteiger partial charge in [-0.05, 0) is 30.4 Å². The number of aryl methyl sites for hydroxylation is 1. The van der Waals surface area contributed by atoms with E-state index in [1.165, 1.54) is 5.56 Å². The molecule has 2 rings (SSSR count). The average Bonchev–Trinajstić information content (AvgIpc) is 2.36. The van der Waals surface area contributed by atoms with Gasteiger partial charge in [0.2, 0.25) is 5.91 Å². The van der Waals surface area contributed by atoms with Crippen LogP contribution in [0.5, 0.6) is 0 Å². The Balaban J connectivity index is 2.27. The predicted octanol–water partition coefficient (Wildman–Crippen LogP) is 3.39. The molecule has 0 saturated heterocycles. The van der Waals surface area contributed by atoms with Crippen LogP contribution in [0.3, 0.4) is 0 Å². The number of hydrogen-bond donors (Lipinski definition) is 0. The molecular weight excluding hydrogens is 278 g/mol. The summed E-state index contributed by atoms with van der Waals surface area (Å²) in [5.74, 6) is 0.503. The van der Waals surface area contributed by atoms with Crippen molar-refractivity contribution < 1.29 is 4.79 Å². The molecule has 0 aromatic heterocycles. The Kier molecular flexibility index (Phi) is 3.87. The molecule has 0 fully saturated rings. The Morgan fingerprint density at radius 3 is 2.76 bits per heavy atom. The number of halogens is 1. The molecular formula is C14H18BrNO. The molecule has 0 aliphatic carbocycles. The van der Waals surface area contributed by atoms with Gasteiger partial charge < -0.3 is 4.90 Å². The smallest absolute Gasteiger partial charge is 0.241 e. The number of rotatable bonds is 2. The van der Waals surface area contributed by atoms with Crippen molar-refractivity contribution in [2.75, 3.05) is 11.4 Å². The number of benzene rings is 1. The van der Waals surface area contributed by atoms with Crippen LogP contribution < -0.4 is 4.90 Å². The lowest BCUT2D eigenvalue weighted by molar-refractivity contribution is -0.118. The van der Waals surface area contributed by atoms with Crippen molar-refractivity contribution >= 4 is 27.5 Å². The topological polar surface area (TPSA) is 20.3 Å². The first-order valence-corrected chi connectivity index (χ1v) is 7.06. The minimum absolute atomic E-state index is 0.0892. The van der Waals surface area contributed by atoms with E-state index in [0.717, 1.165) is 25.1 Å². The van der Waals surface area contributed by atoms with Gasteiger partial charge in [0.1, 0.15) is 0 Å². The molecule has 3 heteroatoms. The van der Waals surface area contributed by atoms with Gasteiger partial charge in [0, 0.05) is 12.2 Å². The van der Waals surface area contributed by atoms with Crippen molar-refractivity contribution in [2.45, 2.75) is 31.5 Å². The van der Waals surface area contributed by atoms with E-state index >= 15 is 0 Å². The van der Waals surface area contributed by atoms with Crippen molar-refractivity contribution in [3.63, 3.8) is 0 Å². The van der Waals surface area contributed by atoms with Crippen molar-refractivity contribution in [3.05, 3.63) is 29.8 Å². The third-order valence-electron chi connectivity index (χ3n) is 3.20. The van der Waals surface area contributed by atoms with Gasteiger partial charge in [-0.2, -0.15) is 0 Å². The van der Waals surface area contributed by atoms with E-state index < -0.39 is 0 Å². The first-order valence-electron chi connectivity index (χ1n) is 6.14. The molecule has 2 nitrogen and oxygen atoms in total. The lowest BCUT2D eigenvalue weighted by Crippen LogP contribution is -2.41. The fourth-order valence-electron chi connectivity index (χ4n) is 2.20. The second-order valence-corrected chi connectivity index (χ2v) is 5.85. The number of carbonyl (C=O) groups is 1. The van der Waals surface area contributed by atoms with Crippen LogP contribution in [0, 0.1) is 5.92 Å². The highest BCUT2D eigenvalue weighted by Gasteiger charge is 2.28. The number of anilines is 1. The van der Waals surface area contributed by atoms with Crippen LogP contribution in [-0.4, -0.2) is 17.3 Å². The van der Waals surface area contributed by atoms with Crippen LogP contribution in [0.4, 0.5) is 5.69 Å². The molecule has 92 valence electrons. The maximum absolute atomic E-state index is 12.4. The fourth-order valence-corrected chi connectivity index (χ4v) is 2.44. The molecule has 1 amide bonds. The highest BCUT2D eigenvalue weighted by Crippen LogP contribution is 2.29. The molecule has 1 aromatic rings. The van der Waals surface area contributed by atoms with Crippen LogP contribution in [-0.2, 0) is 11.2 Å². The van der Waals surface area contributed by atoms with Gasteiger partial charge in [0.15, 0.2) is 0 Å². The molecule has 1 heterocycles. The van der Waals surface area contributed by atoms with Crippen LogP contribution in [0.1, 0.15) is 25.8 Å². The predicted molar refractivity (Wildman–Crippen MR) is 74.7 cm³/mol. The van der Waals surface area contributed by atoms with Gasteiger partial charge in [-0.3, -0.25) is 4.79 Å². The fraction of sp³-hybridized carbons (Fsp3) is 0.500. The highest BCUT2D eigenvalue weighted by molar-refractivity contribution is 9.10. The van der Waals surface area contributed by atoms with Crippen molar-refractivity contribution in [3.8, 4) is 0 Å². The Labute approximate surface area is 111 Å². The van der Waals surface area contributed by atoms with Gasteiger partial charge in [0.05, 0.1) is 4.83 Å². The Morgan fingerprint density at radius 2 is 2.06 bits per heavy atom. The van der Waals surface area contributed by atoms with Crippen LogP contribution >= 0.6 is 15.9 Å². The van der Waals surface area contributed by atoms with Crippen molar-refractivity contribution in [1.29, 1.82) is 0 Å². The monoisotopic (exact) mass is 295 g/mol. The molecule has 0 bridgehead atoms. The maximum Gasteiger partial charge on any atom is 0.241 e. The zero-order valence-electron chi connectivity index (χ0n) is 10.3. The zero-order valence-corrected chi connectivity index (χ0v) is 11.9. The lowest BCUT2D eigenvalue weighted by atomic mass is 10.0. The van der Waals surface area contributed by atoms with Crippen LogP contribution in [0.15, 0.2) is 24.3 Å². The summed E-state index contributed by atoms with van der Waals surface area (Å²) in [5, 5.41) is 0. The standard InChI is InChI=1S/C14H18BrNO/c1-10(2)13(15)14(17)16-9-5-7-11-6-3-4-8-12(11)16/h3-4,6,8,10,13H,5,7,9H2,1-2H3/t13-/m1/s1. The summed E-state index contributed by atoms with van der Waals surface area (Å²) >= 11 is 3.50. The second-order valence-electron chi connectivity index (χ2n) is 4.87. The molecule has 0 N–H and O–H groups in total. The number of carbonyl (C=O) groups excluding carboxylic acids is 1. The highest BCUT2D eigenvalue weighted by atomic mass is 79.9. The van der Waals surface area contributed by atoms with E-state index in [1.807, 2.05) is 23.1 Å². The van der Waals surface area contributed by atoms with E-state index in [2.05, 4.69) is 35.8 Å². The number of alkyl halides is 1. The van der Waals surface area contributed by atoms with Gasteiger partial charge in [-0.15, -0.1) is 0 Å². The molecule has 0 saturated carbocycles. The third-order valence-corrected chi connectivity index (χ3v) is 4.65. The van der Waals surface area contributed by atoms with Crippen molar-refractivity contribution in [2.24, 2.45) is 5.92 Å². The van der Waals surface area contributed by atoms with Gasteiger partial charge in [-0.1, -0.05) is 48.0 Å². The second kappa shape index (κ2) is 5.21. The van der Waals surface area contributed by atoms with E-state index in [9.17, 15) is 4.79 Å². The van der Waals surface area contributed by atoms with Crippen LogP contribution in [0.2, 0.25) is 0 Å². The molecule has 1 atom stereocenters. The van der Waals surface area contributed by atoms with E-state index in [4.69, 9.17) is 0 Å². The normalized spacial score (nSPS) is 16.8. The summed E-state index contributed by atoms with van der Waals surface area (Å²) in [6, 6.07) is 8.21. The number of fused-ring (bicyclic) bond motifs is 1. The molecule has 0 spiro atoms. The molecule has 1 aliphatic rings. The van der Waals surface area contributed by atoms with Gasteiger partial charge >= 0.3 is 0 Å². The van der Waals surface area contributed by atoms with E-state index in [0.29, 0.717) is 5.92 Å². The largest absolute Gasteiger partial charge is 0.311 e. The summed E-state index contributed by atoms with van der Waals surface area (Å²) < 4.78 is 0. The lowest BCUT2D eigenvalue weighted by Gasteiger charge is -2.31. The number of hydrogen-bond acceptors (Lipinski definition) is 1. The first-order chi connectivity index (χ1) is 8.11. The number of nitrogens with zero attached hydrogens (tertiary/aromatic N) is 1. The van der Waals surface area contributed by atoms with E-state index in [1.54, 1.807) is 0 Å². The summed E-state index contributed by atoms with van der Waals surface area (Å²) in [7, 11) is 0. The summed E-state index contributed by atoms with van der Waals surface area (Å²) in [5.41, 5.74) is 2.38. The minimum atomic E-state index is -0.0892. The van der Waals surface area contributed by atoms with Crippen molar-refractivity contribution in [1.82, 2.24) is 0 Å². The SMILES string of the molecule is CC(C)[C@@H](Br)C(=O)N1CCCc2ccccc21. The number of para-hydroxylation sites is 1. The minimum Gasteiger partial charge on any atom is -0.311 e. The third kappa shape index (κ3) is 2.54. The van der Waals surface area contributed by atoms with Gasteiger partial charge in [-0.25, -0.2) is 0 Å². The Hall–Kier alpha value is -0.830. The van der Waals surface area contributed by atoms with Crippen LogP contribution in [0.25, 0.3) is 0 Å². The molecule has 17 heavy (non-hydrogen) atoms. The van der Waals surface area contributed by atoms with Gasteiger partial charge in [0.25, 0.3) is 0 Å². The molecule has 0 unspecified atom stereocenters. The maximum atomic E-state index is 12.4. The zero-order chi connectivity index (χ0) is 12.4. The first kappa shape index (κ1) is 12.6. The summed E-state index contributed by atoms with van der Waals surface area (Å²) in [4.78, 5) is 14.2. The quantitative estimate of drug-likeness (QED) is 0.766. The molecule has 1 aliphatic heterocycles. The Bertz CT molecular complexity index is 416. The summed E-state index contributed by atoms with van der Waals surface area (Å²) in [6.07, 6.45) is 2.13. The molecule has 0 radical (unpaired) electrons. The molecule has 1 aromatic carbocycles. The summed E-state index contributed by atoms with van der Waals surface area (Å²) in [6.45, 7) is 4.96. The number of amides is 1. The van der Waals surface area contributed by atoms with E-state index in [-0.39, 0.29) is 10.7 Å². The average molecular weight is 296 g/mol. The Morgan fingerprint density at radius 1 is 1.35 bits per heavy atom.